The first-order valence-corrected chi connectivity index (χ1v) is 7.10. The summed E-state index contributed by atoms with van der Waals surface area (Å²) in [4.78, 5) is 0. The van der Waals surface area contributed by atoms with Gasteiger partial charge in [0.15, 0.2) is 11.5 Å². The van der Waals surface area contributed by atoms with Crippen molar-refractivity contribution in [2.24, 2.45) is 5.92 Å². The summed E-state index contributed by atoms with van der Waals surface area (Å²) in [5.41, 5.74) is 1.77. The minimum atomic E-state index is 0.688. The minimum Gasteiger partial charge on any atom is -0.493 e. The van der Waals surface area contributed by atoms with Crippen LogP contribution in [0.25, 0.3) is 11.3 Å². The van der Waals surface area contributed by atoms with Crippen molar-refractivity contribution in [3.63, 3.8) is 0 Å². The number of nitrogens with zero attached hydrogens (tertiary/aromatic N) is 2. The SMILES string of the molecule is COc1ccc(-c2ccc(NCC3CC3)nn2)cc1OC. The molecule has 5 heteroatoms. The smallest absolute Gasteiger partial charge is 0.161 e. The topological polar surface area (TPSA) is 56.3 Å². The Bertz CT molecular complexity index is 609. The summed E-state index contributed by atoms with van der Waals surface area (Å²) in [6.07, 6.45) is 2.65. The lowest BCUT2D eigenvalue weighted by atomic mass is 10.1. The standard InChI is InChI=1S/C16H19N3O2/c1-20-14-7-5-12(9-15(14)21-2)13-6-8-16(19-18-13)17-10-11-3-4-11/h5-9,11H,3-4,10H2,1-2H3,(H,17,19). The third-order valence-electron chi connectivity index (χ3n) is 3.61. The van der Waals surface area contributed by atoms with E-state index in [1.165, 1.54) is 12.8 Å². The number of benzene rings is 1. The first-order chi connectivity index (χ1) is 10.3. The van der Waals surface area contributed by atoms with Crippen molar-refractivity contribution in [1.82, 2.24) is 10.2 Å². The Balaban J connectivity index is 1.76. The summed E-state index contributed by atoms with van der Waals surface area (Å²) in [6.45, 7) is 0.990. The fourth-order valence-electron chi connectivity index (χ4n) is 2.15. The third kappa shape index (κ3) is 3.24. The van der Waals surface area contributed by atoms with Crippen LogP contribution in [0.3, 0.4) is 0 Å². The maximum absolute atomic E-state index is 5.31. The van der Waals surface area contributed by atoms with Gasteiger partial charge >= 0.3 is 0 Å². The van der Waals surface area contributed by atoms with Gasteiger partial charge in [0.1, 0.15) is 5.82 Å². The number of rotatable bonds is 6. The van der Waals surface area contributed by atoms with Crippen LogP contribution in [0.15, 0.2) is 30.3 Å². The number of hydrogen-bond donors (Lipinski definition) is 1. The first-order valence-electron chi connectivity index (χ1n) is 7.10. The summed E-state index contributed by atoms with van der Waals surface area (Å²) < 4.78 is 10.5. The van der Waals surface area contributed by atoms with E-state index in [0.717, 1.165) is 29.5 Å². The lowest BCUT2D eigenvalue weighted by molar-refractivity contribution is 0.355. The van der Waals surface area contributed by atoms with Crippen LogP contribution in [0, 0.1) is 5.92 Å². The van der Waals surface area contributed by atoms with Crippen LogP contribution in [0.5, 0.6) is 11.5 Å². The van der Waals surface area contributed by atoms with Crippen LogP contribution in [-0.4, -0.2) is 31.0 Å². The van der Waals surface area contributed by atoms with Crippen LogP contribution < -0.4 is 14.8 Å². The van der Waals surface area contributed by atoms with E-state index < -0.39 is 0 Å². The molecule has 1 heterocycles. The summed E-state index contributed by atoms with van der Waals surface area (Å²) >= 11 is 0. The first kappa shape index (κ1) is 13.7. The quantitative estimate of drug-likeness (QED) is 0.884. The van der Waals surface area contributed by atoms with Gasteiger partial charge in [0.05, 0.1) is 19.9 Å². The molecule has 2 aromatic rings. The lowest BCUT2D eigenvalue weighted by Crippen LogP contribution is -2.05. The van der Waals surface area contributed by atoms with Crippen molar-refractivity contribution in [1.29, 1.82) is 0 Å². The predicted octanol–water partition coefficient (Wildman–Crippen LogP) is 2.98. The molecular formula is C16H19N3O2. The van der Waals surface area contributed by atoms with E-state index in [-0.39, 0.29) is 0 Å². The minimum absolute atomic E-state index is 0.688. The molecule has 0 aliphatic heterocycles. The fraction of sp³-hybridized carbons (Fsp3) is 0.375. The second-order valence-corrected chi connectivity index (χ2v) is 5.20. The molecule has 1 aromatic heterocycles. The zero-order valence-electron chi connectivity index (χ0n) is 12.3. The summed E-state index contributed by atoms with van der Waals surface area (Å²) in [7, 11) is 3.25. The van der Waals surface area contributed by atoms with Crippen LogP contribution >= 0.6 is 0 Å². The van der Waals surface area contributed by atoms with Crippen LogP contribution in [0.1, 0.15) is 12.8 Å². The summed E-state index contributed by atoms with van der Waals surface area (Å²) in [5.74, 6) is 3.04. The number of nitrogens with one attached hydrogen (secondary N) is 1. The maximum Gasteiger partial charge on any atom is 0.161 e. The molecule has 1 aromatic carbocycles. The highest BCUT2D eigenvalue weighted by molar-refractivity contribution is 5.64. The lowest BCUT2D eigenvalue weighted by Gasteiger charge is -2.09. The Morgan fingerprint density at radius 1 is 1.05 bits per heavy atom. The van der Waals surface area contributed by atoms with Gasteiger partial charge < -0.3 is 14.8 Å². The molecule has 0 atom stereocenters. The van der Waals surface area contributed by atoms with Gasteiger partial charge in [-0.25, -0.2) is 0 Å². The zero-order valence-corrected chi connectivity index (χ0v) is 12.3. The molecule has 0 saturated heterocycles. The number of aromatic nitrogens is 2. The maximum atomic E-state index is 5.31. The molecule has 5 nitrogen and oxygen atoms in total. The number of methoxy groups -OCH3 is 2. The van der Waals surface area contributed by atoms with Crippen molar-refractivity contribution in [3.05, 3.63) is 30.3 Å². The molecule has 0 amide bonds. The second-order valence-electron chi connectivity index (χ2n) is 5.20. The van der Waals surface area contributed by atoms with Gasteiger partial charge in [-0.1, -0.05) is 0 Å². The Labute approximate surface area is 124 Å². The predicted molar refractivity (Wildman–Crippen MR) is 81.8 cm³/mol. The molecule has 1 N–H and O–H groups in total. The molecule has 0 spiro atoms. The Morgan fingerprint density at radius 2 is 1.86 bits per heavy atom. The fourth-order valence-corrected chi connectivity index (χ4v) is 2.15. The van der Waals surface area contributed by atoms with Gasteiger partial charge in [-0.15, -0.1) is 10.2 Å². The number of anilines is 1. The monoisotopic (exact) mass is 285 g/mol. The van der Waals surface area contributed by atoms with Crippen molar-refractivity contribution in [2.75, 3.05) is 26.1 Å². The van der Waals surface area contributed by atoms with E-state index in [1.54, 1.807) is 14.2 Å². The van der Waals surface area contributed by atoms with E-state index >= 15 is 0 Å². The highest BCUT2D eigenvalue weighted by atomic mass is 16.5. The van der Waals surface area contributed by atoms with Crippen LogP contribution in [0.2, 0.25) is 0 Å². The Morgan fingerprint density at radius 3 is 2.48 bits per heavy atom. The molecule has 0 radical (unpaired) electrons. The van der Waals surface area contributed by atoms with Crippen molar-refractivity contribution < 1.29 is 9.47 Å². The third-order valence-corrected chi connectivity index (χ3v) is 3.61. The van der Waals surface area contributed by atoms with Gasteiger partial charge in [-0.05, 0) is 49.1 Å². The van der Waals surface area contributed by atoms with E-state index in [2.05, 4.69) is 15.5 Å². The van der Waals surface area contributed by atoms with Gasteiger partial charge in [0.25, 0.3) is 0 Å². The Hall–Kier alpha value is -2.30. The highest BCUT2D eigenvalue weighted by Crippen LogP contribution is 2.32. The molecule has 0 bridgehead atoms. The zero-order chi connectivity index (χ0) is 14.7. The van der Waals surface area contributed by atoms with E-state index in [0.29, 0.717) is 11.5 Å². The molecule has 1 aliphatic rings. The summed E-state index contributed by atoms with van der Waals surface area (Å²) in [6, 6.07) is 9.64. The van der Waals surface area contributed by atoms with Gasteiger partial charge in [0, 0.05) is 12.1 Å². The van der Waals surface area contributed by atoms with Crippen LogP contribution in [0.4, 0.5) is 5.82 Å². The number of hydrogen-bond acceptors (Lipinski definition) is 5. The summed E-state index contributed by atoms with van der Waals surface area (Å²) in [5, 5.41) is 11.8. The van der Waals surface area contributed by atoms with Crippen molar-refractivity contribution >= 4 is 5.82 Å². The van der Waals surface area contributed by atoms with Crippen LogP contribution in [-0.2, 0) is 0 Å². The normalized spacial score (nSPS) is 13.8. The molecular weight excluding hydrogens is 266 g/mol. The molecule has 110 valence electrons. The van der Waals surface area contributed by atoms with E-state index in [4.69, 9.17) is 9.47 Å². The molecule has 3 rings (SSSR count). The van der Waals surface area contributed by atoms with Gasteiger partial charge in [-0.3, -0.25) is 0 Å². The highest BCUT2D eigenvalue weighted by Gasteiger charge is 2.20. The molecule has 21 heavy (non-hydrogen) atoms. The molecule has 1 aliphatic carbocycles. The average molecular weight is 285 g/mol. The van der Waals surface area contributed by atoms with Gasteiger partial charge in [0.2, 0.25) is 0 Å². The van der Waals surface area contributed by atoms with Crippen molar-refractivity contribution in [3.8, 4) is 22.8 Å². The molecule has 1 fully saturated rings. The largest absolute Gasteiger partial charge is 0.493 e. The van der Waals surface area contributed by atoms with E-state index in [9.17, 15) is 0 Å². The van der Waals surface area contributed by atoms with E-state index in [1.807, 2.05) is 30.3 Å². The molecule has 0 unspecified atom stereocenters. The molecule has 1 saturated carbocycles. The van der Waals surface area contributed by atoms with Crippen molar-refractivity contribution in [2.45, 2.75) is 12.8 Å². The Kier molecular flexibility index (Phi) is 3.90. The second kappa shape index (κ2) is 5.99. The van der Waals surface area contributed by atoms with Gasteiger partial charge in [-0.2, -0.15) is 0 Å². The number of ether oxygens (including phenoxy) is 2. The average Bonchev–Trinajstić information content (AvgIpc) is 3.37.